The lowest BCUT2D eigenvalue weighted by atomic mass is 10.2. The molecule has 1 aromatic carbocycles. The van der Waals surface area contributed by atoms with E-state index < -0.39 is 40.0 Å². The first kappa shape index (κ1) is 22.4. The van der Waals surface area contributed by atoms with Crippen molar-refractivity contribution in [1.29, 1.82) is 0 Å². The molecule has 1 unspecified atom stereocenters. The summed E-state index contributed by atoms with van der Waals surface area (Å²) in [6.45, 7) is 1.21. The summed E-state index contributed by atoms with van der Waals surface area (Å²) >= 11 is 3.53. The molecule has 140 valence electrons. The van der Waals surface area contributed by atoms with Crippen molar-refractivity contribution in [1.82, 2.24) is 0 Å². The van der Waals surface area contributed by atoms with Gasteiger partial charge >= 0.3 is 12.1 Å². The van der Waals surface area contributed by atoms with E-state index in [4.69, 9.17) is 4.55 Å². The van der Waals surface area contributed by atoms with Crippen molar-refractivity contribution in [2.24, 2.45) is 0 Å². The fraction of sp³-hybridized carbons (Fsp3) is 0.333. The number of nitrogens with one attached hydrogen (secondary N) is 1. The number of amides is 1. The predicted octanol–water partition coefficient (Wildman–Crippen LogP) is 2.83. The third kappa shape index (κ3) is 7.22. The highest BCUT2D eigenvalue weighted by Gasteiger charge is 2.45. The van der Waals surface area contributed by atoms with Crippen LogP contribution < -0.4 is 5.32 Å². The number of anilines is 1. The lowest BCUT2D eigenvalue weighted by Gasteiger charge is -2.20. The Balaban J connectivity index is 3.18. The number of alkyl halides is 3. The van der Waals surface area contributed by atoms with E-state index in [0.717, 1.165) is 6.07 Å². The maximum Gasteiger partial charge on any atom is 0.426 e. The molecule has 0 aromatic heterocycles. The minimum Gasteiger partial charge on any atom is -0.448 e. The lowest BCUT2D eigenvalue weighted by Crippen LogP contribution is -2.39. The Labute approximate surface area is 167 Å². The van der Waals surface area contributed by atoms with E-state index in [1.807, 2.05) is 22.6 Å². The maximum absolute atomic E-state index is 12.8. The highest BCUT2D eigenvalue weighted by Crippen LogP contribution is 2.28. The topological polar surface area (TPSA) is 110 Å². The van der Waals surface area contributed by atoms with Crippen LogP contribution in [0.3, 0.4) is 0 Å². The van der Waals surface area contributed by atoms with E-state index in [1.54, 1.807) is 22.6 Å². The largest absolute Gasteiger partial charge is 0.448 e. The first-order chi connectivity index (χ1) is 11.2. The fourth-order valence-electron chi connectivity index (χ4n) is 1.57. The fourth-order valence-corrected chi connectivity index (χ4v) is 4.09. The second kappa shape index (κ2) is 8.34. The summed E-state index contributed by atoms with van der Waals surface area (Å²) in [6, 6.07) is 2.54. The molecule has 25 heavy (non-hydrogen) atoms. The Morgan fingerprint density at radius 1 is 1.28 bits per heavy atom. The van der Waals surface area contributed by atoms with Crippen LogP contribution in [0.2, 0.25) is 0 Å². The second-order valence-corrected chi connectivity index (χ2v) is 8.50. The molecule has 1 amide bonds. The van der Waals surface area contributed by atoms with Crippen LogP contribution in [0.15, 0.2) is 12.1 Å². The number of hydrogen-bond acceptors (Lipinski definition) is 5. The van der Waals surface area contributed by atoms with Crippen LogP contribution in [0.5, 0.6) is 0 Å². The van der Waals surface area contributed by atoms with Crippen molar-refractivity contribution in [2.45, 2.75) is 19.2 Å². The molecule has 2 N–H and O–H groups in total. The van der Waals surface area contributed by atoms with Gasteiger partial charge in [0.15, 0.2) is 0 Å². The zero-order valence-corrected chi connectivity index (χ0v) is 17.4. The molecular formula is C12H10F3I2NO6S. The summed E-state index contributed by atoms with van der Waals surface area (Å²) in [5, 5.41) is 2.40. The molecule has 0 saturated heterocycles. The number of carbonyl (C=O) groups is 2. The molecule has 7 nitrogen and oxygen atoms in total. The van der Waals surface area contributed by atoms with Crippen LogP contribution in [0, 0.1) is 7.14 Å². The van der Waals surface area contributed by atoms with Crippen molar-refractivity contribution in [2.75, 3.05) is 11.1 Å². The van der Waals surface area contributed by atoms with Gasteiger partial charge in [-0.1, -0.05) is 0 Å². The van der Waals surface area contributed by atoms with E-state index in [-0.39, 0.29) is 14.8 Å². The van der Waals surface area contributed by atoms with Gasteiger partial charge < -0.3 is 10.1 Å². The van der Waals surface area contributed by atoms with Crippen LogP contribution in [0.4, 0.5) is 18.9 Å². The van der Waals surface area contributed by atoms with Crippen molar-refractivity contribution in [3.63, 3.8) is 0 Å². The molecule has 13 heteroatoms. The minimum atomic E-state index is -5.19. The average Bonchev–Trinajstić information content (AvgIpc) is 2.37. The summed E-state index contributed by atoms with van der Waals surface area (Å²) in [5.41, 5.74) is -0.117. The van der Waals surface area contributed by atoms with E-state index in [1.165, 1.54) is 13.0 Å². The second-order valence-electron chi connectivity index (χ2n) is 4.68. The van der Waals surface area contributed by atoms with Gasteiger partial charge in [-0.05, 0) is 57.3 Å². The first-order valence-corrected chi connectivity index (χ1v) is 9.97. The van der Waals surface area contributed by atoms with Gasteiger partial charge in [0.2, 0.25) is 12.0 Å². The molecular weight excluding hydrogens is 597 g/mol. The van der Waals surface area contributed by atoms with Crippen molar-refractivity contribution >= 4 is 72.9 Å². The number of benzene rings is 1. The Kier molecular flexibility index (Phi) is 7.46. The molecule has 0 heterocycles. The third-order valence-corrected chi connectivity index (χ3v) is 5.07. The molecule has 0 fully saturated rings. The Hall–Kier alpha value is -0.680. The van der Waals surface area contributed by atoms with Crippen molar-refractivity contribution < 1.29 is 40.5 Å². The highest BCUT2D eigenvalue weighted by molar-refractivity contribution is 14.1. The average molecular weight is 607 g/mol. The molecule has 0 aliphatic heterocycles. The SMILES string of the molecule is CC(=O)Nc1cc(C(=O)OC(CS(=O)(=O)O)C(F)(F)F)c(I)cc1I. The quantitative estimate of drug-likeness (QED) is 0.303. The molecule has 1 rings (SSSR count). The maximum atomic E-state index is 12.8. The first-order valence-electron chi connectivity index (χ1n) is 6.20. The van der Waals surface area contributed by atoms with Gasteiger partial charge in [0.25, 0.3) is 10.1 Å². The Morgan fingerprint density at radius 3 is 2.28 bits per heavy atom. The smallest absolute Gasteiger partial charge is 0.426 e. The van der Waals surface area contributed by atoms with Crippen molar-refractivity contribution in [3.05, 3.63) is 24.8 Å². The van der Waals surface area contributed by atoms with Crippen LogP contribution in [0.1, 0.15) is 17.3 Å². The molecule has 0 bridgehead atoms. The molecule has 0 radical (unpaired) electrons. The van der Waals surface area contributed by atoms with Crippen LogP contribution in [-0.2, 0) is 19.6 Å². The zero-order valence-electron chi connectivity index (χ0n) is 12.2. The van der Waals surface area contributed by atoms with Gasteiger partial charge in [0, 0.05) is 14.1 Å². The van der Waals surface area contributed by atoms with Crippen LogP contribution in [0.25, 0.3) is 0 Å². The van der Waals surface area contributed by atoms with Crippen LogP contribution >= 0.6 is 45.2 Å². The van der Waals surface area contributed by atoms with Gasteiger partial charge in [-0.15, -0.1) is 0 Å². The monoisotopic (exact) mass is 607 g/mol. The van der Waals surface area contributed by atoms with E-state index in [2.05, 4.69) is 10.1 Å². The highest BCUT2D eigenvalue weighted by atomic mass is 127. The zero-order chi connectivity index (χ0) is 19.6. The summed E-state index contributed by atoms with van der Waals surface area (Å²) in [5.74, 6) is -3.72. The van der Waals surface area contributed by atoms with Gasteiger partial charge in [0.1, 0.15) is 5.75 Å². The number of rotatable bonds is 5. The Bertz CT molecular complexity index is 797. The predicted molar refractivity (Wildman–Crippen MR) is 97.9 cm³/mol. The van der Waals surface area contributed by atoms with Gasteiger partial charge in [0.05, 0.1) is 11.3 Å². The summed E-state index contributed by atoms with van der Waals surface area (Å²) < 4.78 is 73.5. The van der Waals surface area contributed by atoms with Gasteiger partial charge in [-0.3, -0.25) is 9.35 Å². The van der Waals surface area contributed by atoms with E-state index >= 15 is 0 Å². The van der Waals surface area contributed by atoms with Crippen molar-refractivity contribution in [3.8, 4) is 0 Å². The summed E-state index contributed by atoms with van der Waals surface area (Å²) in [6.07, 6.45) is -8.23. The number of esters is 1. The summed E-state index contributed by atoms with van der Waals surface area (Å²) in [7, 11) is -5.03. The molecule has 0 aliphatic rings. The van der Waals surface area contributed by atoms with E-state index in [9.17, 15) is 31.2 Å². The molecule has 0 aliphatic carbocycles. The minimum absolute atomic E-state index is 0.179. The Morgan fingerprint density at radius 2 is 1.84 bits per heavy atom. The number of carbonyl (C=O) groups excluding carboxylic acids is 2. The molecule has 0 spiro atoms. The molecule has 1 atom stereocenters. The number of ether oxygens (including phenoxy) is 1. The summed E-state index contributed by atoms with van der Waals surface area (Å²) in [4.78, 5) is 23.2. The standard InChI is InChI=1S/C12H10F3I2NO6S/c1-5(19)18-9-2-6(7(16)3-8(9)17)11(20)24-10(12(13,14)15)4-25(21,22)23/h2-3,10H,4H2,1H3,(H,18,19)(H,21,22,23). The number of hydrogen-bond donors (Lipinski definition) is 2. The number of halogens is 5. The molecule has 1 aromatic rings. The van der Waals surface area contributed by atoms with E-state index in [0.29, 0.717) is 3.57 Å². The van der Waals surface area contributed by atoms with Gasteiger partial charge in [-0.25, -0.2) is 4.79 Å². The third-order valence-electron chi connectivity index (χ3n) is 2.56. The molecule has 0 saturated carbocycles. The van der Waals surface area contributed by atoms with Crippen LogP contribution in [-0.4, -0.2) is 42.9 Å². The normalized spacial score (nSPS) is 13.2. The lowest BCUT2D eigenvalue weighted by molar-refractivity contribution is -0.197. The van der Waals surface area contributed by atoms with Gasteiger partial charge in [-0.2, -0.15) is 21.6 Å².